The number of methoxy groups -OCH3 is 1. The van der Waals surface area contributed by atoms with Gasteiger partial charge in [0.05, 0.1) is 41.8 Å². The molecule has 0 spiro atoms. The minimum absolute atomic E-state index is 0.0433. The number of hydrogen-bond acceptors (Lipinski definition) is 9. The van der Waals surface area contributed by atoms with Crippen LogP contribution in [-0.4, -0.2) is 101 Å². The maximum absolute atomic E-state index is 14.1. The van der Waals surface area contributed by atoms with E-state index >= 15 is 0 Å². The van der Waals surface area contributed by atoms with Crippen LogP contribution < -0.4 is 10.4 Å². The van der Waals surface area contributed by atoms with E-state index in [9.17, 15) is 27.9 Å². The molecule has 5 aromatic rings. The van der Waals surface area contributed by atoms with Crippen LogP contribution in [0.3, 0.4) is 0 Å². The second-order valence-electron chi connectivity index (χ2n) is 13.4. The number of nitrogens with one attached hydrogen (secondary N) is 1. The van der Waals surface area contributed by atoms with Crippen LogP contribution in [0.4, 0.5) is 0 Å². The largest absolute Gasteiger partial charge is 0.497 e. The molecule has 2 N–H and O–H groups in total. The molecule has 54 heavy (non-hydrogen) atoms. The number of benzene rings is 3. The topological polar surface area (TPSA) is 165 Å². The van der Waals surface area contributed by atoms with Crippen LogP contribution in [0.5, 0.6) is 5.75 Å². The number of amides is 1. The van der Waals surface area contributed by atoms with E-state index in [0.717, 1.165) is 31.8 Å². The Hall–Kier alpha value is -5.22. The van der Waals surface area contributed by atoms with Crippen molar-refractivity contribution in [2.24, 2.45) is 0 Å². The van der Waals surface area contributed by atoms with Crippen LogP contribution in [0.1, 0.15) is 48.5 Å². The molecule has 0 saturated carbocycles. The summed E-state index contributed by atoms with van der Waals surface area (Å²) in [5.41, 5.74) is 2.98. The lowest BCUT2D eigenvalue weighted by molar-refractivity contribution is -0.153. The molecule has 15 heteroatoms. The standard InChI is InChI=1S/C39H43N5O9S/c1-26(46)43-25-32(31-7-3-5-9-34(31)43)27-23-36(38(47)41-17-15-28(16-18-41)44-35-10-6-4-8-33(35)40-39(44)48)53-37(24-27)52-22-20-42(19-21-45)54(49,50)30-13-11-29(51-2)12-14-30/h3-14,23,25,27-28,37,45H,15-22,24H2,1-2H3,(H,40,48)/t27-,37+/m1/s1. The van der Waals surface area contributed by atoms with Gasteiger partial charge in [-0.15, -0.1) is 0 Å². The summed E-state index contributed by atoms with van der Waals surface area (Å²) >= 11 is 0. The number of aromatic amines is 1. The fourth-order valence-corrected chi connectivity index (χ4v) is 8.87. The van der Waals surface area contributed by atoms with E-state index in [-0.39, 0.29) is 59.8 Å². The minimum atomic E-state index is -3.98. The highest BCUT2D eigenvalue weighted by Gasteiger charge is 2.35. The molecule has 1 amide bonds. The van der Waals surface area contributed by atoms with Gasteiger partial charge in [0.1, 0.15) is 5.75 Å². The first-order chi connectivity index (χ1) is 26.1. The number of imidazole rings is 1. The maximum atomic E-state index is 14.1. The number of hydrogen-bond donors (Lipinski definition) is 2. The third-order valence-electron chi connectivity index (χ3n) is 10.2. The lowest BCUT2D eigenvalue weighted by atomic mass is 9.92. The number of fused-ring (bicyclic) bond motifs is 2. The minimum Gasteiger partial charge on any atom is -0.497 e. The van der Waals surface area contributed by atoms with E-state index in [1.165, 1.54) is 26.2 Å². The van der Waals surface area contributed by atoms with Gasteiger partial charge in [-0.05, 0) is 66.9 Å². The van der Waals surface area contributed by atoms with Gasteiger partial charge in [-0.3, -0.25) is 18.7 Å². The molecule has 2 aliphatic rings. The Bertz CT molecular complexity index is 2350. The number of carbonyl (C=O) groups is 2. The molecule has 2 atom stereocenters. The predicted octanol–water partition coefficient (Wildman–Crippen LogP) is 4.23. The van der Waals surface area contributed by atoms with Gasteiger partial charge in [0, 0.05) is 63.1 Å². The predicted molar refractivity (Wildman–Crippen MR) is 201 cm³/mol. The van der Waals surface area contributed by atoms with Crippen molar-refractivity contribution < 1.29 is 37.3 Å². The van der Waals surface area contributed by atoms with E-state index < -0.39 is 22.9 Å². The fraction of sp³-hybridized carbons (Fsp3) is 0.359. The van der Waals surface area contributed by atoms with Gasteiger partial charge >= 0.3 is 5.69 Å². The monoisotopic (exact) mass is 757 g/mol. The Morgan fingerprint density at radius 3 is 2.39 bits per heavy atom. The van der Waals surface area contributed by atoms with Crippen molar-refractivity contribution in [2.75, 3.05) is 46.5 Å². The van der Waals surface area contributed by atoms with Gasteiger partial charge in [0.25, 0.3) is 5.91 Å². The number of nitrogens with zero attached hydrogens (tertiary/aromatic N) is 4. The number of likely N-dealkylation sites (tertiary alicyclic amines) is 1. The molecule has 3 aromatic carbocycles. The fourth-order valence-electron chi connectivity index (χ4n) is 7.46. The number of rotatable bonds is 12. The van der Waals surface area contributed by atoms with Gasteiger partial charge in [-0.2, -0.15) is 4.31 Å². The molecule has 284 valence electrons. The number of aliphatic hydroxyl groups excluding tert-OH is 1. The summed E-state index contributed by atoms with van der Waals surface area (Å²) < 4.78 is 49.0. The summed E-state index contributed by atoms with van der Waals surface area (Å²) in [6, 6.07) is 21.0. The maximum Gasteiger partial charge on any atom is 0.326 e. The zero-order valence-electron chi connectivity index (χ0n) is 30.1. The van der Waals surface area contributed by atoms with Crippen molar-refractivity contribution in [1.82, 2.24) is 23.3 Å². The van der Waals surface area contributed by atoms with E-state index in [4.69, 9.17) is 14.2 Å². The molecule has 7 rings (SSSR count). The molecule has 2 aromatic heterocycles. The number of aliphatic hydroxyl groups is 1. The third-order valence-corrected chi connectivity index (χ3v) is 12.1. The summed E-state index contributed by atoms with van der Waals surface area (Å²) in [7, 11) is -2.49. The van der Waals surface area contributed by atoms with E-state index in [0.29, 0.717) is 38.1 Å². The second-order valence-corrected chi connectivity index (χ2v) is 15.4. The van der Waals surface area contributed by atoms with Crippen LogP contribution in [0.15, 0.2) is 101 Å². The number of carbonyl (C=O) groups excluding carboxylic acids is 2. The lowest BCUT2D eigenvalue weighted by Crippen LogP contribution is -2.43. The highest BCUT2D eigenvalue weighted by atomic mass is 32.2. The molecule has 0 radical (unpaired) electrons. The number of sulfonamides is 1. The van der Waals surface area contributed by atoms with Crippen molar-refractivity contribution in [3.63, 3.8) is 0 Å². The molecule has 1 fully saturated rings. The first-order valence-corrected chi connectivity index (χ1v) is 19.4. The number of ether oxygens (including phenoxy) is 3. The summed E-state index contributed by atoms with van der Waals surface area (Å²) in [5, 5.41) is 10.6. The average molecular weight is 758 g/mol. The quantitative estimate of drug-likeness (QED) is 0.190. The van der Waals surface area contributed by atoms with E-state index in [1.807, 2.05) is 48.5 Å². The van der Waals surface area contributed by atoms with Gasteiger partial charge in [-0.1, -0.05) is 30.3 Å². The van der Waals surface area contributed by atoms with Crippen LogP contribution in [0.2, 0.25) is 0 Å². The van der Waals surface area contributed by atoms with Crippen molar-refractivity contribution >= 4 is 43.8 Å². The summed E-state index contributed by atoms with van der Waals surface area (Å²) in [6.45, 7) is 1.56. The summed E-state index contributed by atoms with van der Waals surface area (Å²) in [4.78, 5) is 44.3. The lowest BCUT2D eigenvalue weighted by Gasteiger charge is -2.35. The first-order valence-electron chi connectivity index (χ1n) is 17.9. The van der Waals surface area contributed by atoms with Crippen molar-refractivity contribution in [2.45, 2.75) is 49.3 Å². The molecular formula is C39H43N5O9S. The number of para-hydroxylation sites is 3. The molecular weight excluding hydrogens is 715 g/mol. The van der Waals surface area contributed by atoms with Gasteiger partial charge in [0.15, 0.2) is 5.76 Å². The Morgan fingerprint density at radius 2 is 1.69 bits per heavy atom. The zero-order chi connectivity index (χ0) is 38.0. The number of allylic oxidation sites excluding steroid dienone is 1. The van der Waals surface area contributed by atoms with Gasteiger partial charge in [0.2, 0.25) is 22.2 Å². The molecule has 1 saturated heterocycles. The van der Waals surface area contributed by atoms with Crippen molar-refractivity contribution in [3.05, 3.63) is 107 Å². The van der Waals surface area contributed by atoms with Gasteiger partial charge in [-0.25, -0.2) is 13.2 Å². The van der Waals surface area contributed by atoms with Crippen molar-refractivity contribution in [3.8, 4) is 5.75 Å². The van der Waals surface area contributed by atoms with Crippen LogP contribution >= 0.6 is 0 Å². The highest BCUT2D eigenvalue weighted by Crippen LogP contribution is 2.37. The van der Waals surface area contributed by atoms with Crippen LogP contribution in [0.25, 0.3) is 21.9 Å². The highest BCUT2D eigenvalue weighted by molar-refractivity contribution is 7.89. The smallest absolute Gasteiger partial charge is 0.326 e. The van der Waals surface area contributed by atoms with E-state index in [2.05, 4.69) is 4.98 Å². The Labute approximate surface area is 312 Å². The molecule has 0 unspecified atom stereocenters. The summed E-state index contributed by atoms with van der Waals surface area (Å²) in [6.07, 6.45) is 4.06. The number of piperidine rings is 1. The third kappa shape index (κ3) is 7.31. The number of H-pyrrole nitrogens is 1. The average Bonchev–Trinajstić information content (AvgIpc) is 3.75. The van der Waals surface area contributed by atoms with Crippen molar-refractivity contribution in [1.29, 1.82) is 0 Å². The van der Waals surface area contributed by atoms with E-state index in [1.54, 1.807) is 38.4 Å². The zero-order valence-corrected chi connectivity index (χ0v) is 30.9. The second kappa shape index (κ2) is 15.6. The summed E-state index contributed by atoms with van der Waals surface area (Å²) in [5.74, 6) is -0.258. The van der Waals surface area contributed by atoms with Crippen LogP contribution in [0, 0.1) is 0 Å². The molecule has 0 aliphatic carbocycles. The normalized spacial score (nSPS) is 18.2. The number of aromatic nitrogens is 3. The molecule has 0 bridgehead atoms. The van der Waals surface area contributed by atoms with Gasteiger partial charge < -0.3 is 29.2 Å². The Balaban J connectivity index is 1.11. The Morgan fingerprint density at radius 1 is 0.981 bits per heavy atom. The molecule has 2 aliphatic heterocycles. The Kier molecular flexibility index (Phi) is 10.7. The van der Waals surface area contributed by atoms with Crippen LogP contribution in [-0.2, 0) is 24.3 Å². The molecule has 4 heterocycles. The first kappa shape index (κ1) is 37.1. The SMILES string of the molecule is COc1ccc(S(=O)(=O)N(CCO)CCO[C@@H]2C[C@H](c3cn(C(C)=O)c4ccccc34)C=C(C(=O)N3CCC(n4c(=O)[nH]c5ccccc54)CC3)O2)cc1. The molecule has 14 nitrogen and oxygen atoms in total.